The number of hydrogen-bond donors (Lipinski definition) is 1. The molecule has 0 aliphatic carbocycles. The van der Waals surface area contributed by atoms with Gasteiger partial charge in [-0.15, -0.1) is 0 Å². The fraction of sp³-hybridized carbons (Fsp3) is 0.409. The minimum absolute atomic E-state index is 0.0151. The standard InChI is InChI=1S/C22H25N7O3/c1-26-20(30)17(13-23-22(26)32)21(31)29-10-8-27(9-11-29)15-4-5-18-16(12-15)19(25-14-24-18)28-6-2-3-7-28/h4-5,12-14H,2-3,6-11H2,1H3,(H,23,32). The normalized spacial score (nSPS) is 16.7. The van der Waals surface area contributed by atoms with E-state index in [1.807, 2.05) is 6.07 Å². The third-order valence-electron chi connectivity index (χ3n) is 6.35. The van der Waals surface area contributed by atoms with E-state index in [0.717, 1.165) is 40.1 Å². The number of aromatic nitrogens is 4. The van der Waals surface area contributed by atoms with Gasteiger partial charge in [-0.05, 0) is 31.0 Å². The molecule has 10 nitrogen and oxygen atoms in total. The summed E-state index contributed by atoms with van der Waals surface area (Å²) in [5, 5.41) is 1.04. The summed E-state index contributed by atoms with van der Waals surface area (Å²) in [7, 11) is 1.36. The maximum atomic E-state index is 12.8. The van der Waals surface area contributed by atoms with Gasteiger partial charge in [-0.25, -0.2) is 14.8 Å². The Morgan fingerprint density at radius 1 is 0.969 bits per heavy atom. The minimum Gasteiger partial charge on any atom is -0.368 e. The molecule has 166 valence electrons. The van der Waals surface area contributed by atoms with Crippen LogP contribution in [0.1, 0.15) is 23.2 Å². The van der Waals surface area contributed by atoms with Crippen LogP contribution in [0.25, 0.3) is 10.9 Å². The van der Waals surface area contributed by atoms with Gasteiger partial charge in [0.05, 0.1) is 5.52 Å². The van der Waals surface area contributed by atoms with Gasteiger partial charge in [-0.3, -0.25) is 14.2 Å². The summed E-state index contributed by atoms with van der Waals surface area (Å²) in [6, 6.07) is 6.21. The second-order valence-electron chi connectivity index (χ2n) is 8.24. The van der Waals surface area contributed by atoms with Crippen molar-refractivity contribution >= 4 is 28.3 Å². The molecule has 0 spiro atoms. The van der Waals surface area contributed by atoms with E-state index in [4.69, 9.17) is 0 Å². The quantitative estimate of drug-likeness (QED) is 0.641. The Balaban J connectivity index is 1.34. The zero-order valence-electron chi connectivity index (χ0n) is 18.0. The van der Waals surface area contributed by atoms with Crippen molar-refractivity contribution in [1.29, 1.82) is 0 Å². The van der Waals surface area contributed by atoms with Crippen LogP contribution in [-0.4, -0.2) is 69.6 Å². The smallest absolute Gasteiger partial charge is 0.328 e. The van der Waals surface area contributed by atoms with E-state index in [-0.39, 0.29) is 11.5 Å². The number of fused-ring (bicyclic) bond motifs is 1. The lowest BCUT2D eigenvalue weighted by Crippen LogP contribution is -2.50. The number of nitrogens with one attached hydrogen (secondary N) is 1. The van der Waals surface area contributed by atoms with Crippen molar-refractivity contribution in [2.45, 2.75) is 12.8 Å². The van der Waals surface area contributed by atoms with Gasteiger partial charge in [0.2, 0.25) is 0 Å². The van der Waals surface area contributed by atoms with Gasteiger partial charge in [-0.2, -0.15) is 0 Å². The number of benzene rings is 1. The average Bonchev–Trinajstić information content (AvgIpc) is 3.36. The summed E-state index contributed by atoms with van der Waals surface area (Å²) in [5.41, 5.74) is 0.863. The maximum Gasteiger partial charge on any atom is 0.328 e. The van der Waals surface area contributed by atoms with Gasteiger partial charge in [-0.1, -0.05) is 0 Å². The number of amides is 1. The Kier molecular flexibility index (Phi) is 5.12. The van der Waals surface area contributed by atoms with Crippen LogP contribution in [0.4, 0.5) is 11.5 Å². The molecule has 2 aliphatic rings. The largest absolute Gasteiger partial charge is 0.368 e. The van der Waals surface area contributed by atoms with E-state index < -0.39 is 11.2 Å². The first kappa shape index (κ1) is 20.2. The number of H-pyrrole nitrogens is 1. The zero-order chi connectivity index (χ0) is 22.2. The molecule has 5 rings (SSSR count). The van der Waals surface area contributed by atoms with Crippen LogP contribution in [0.2, 0.25) is 0 Å². The van der Waals surface area contributed by atoms with Gasteiger partial charge in [0.1, 0.15) is 17.7 Å². The molecule has 0 bridgehead atoms. The second-order valence-corrected chi connectivity index (χ2v) is 8.24. The van der Waals surface area contributed by atoms with Gasteiger partial charge < -0.3 is 19.7 Å². The summed E-state index contributed by atoms with van der Waals surface area (Å²) >= 11 is 0. The molecule has 1 aromatic carbocycles. The molecule has 1 amide bonds. The molecule has 0 radical (unpaired) electrons. The lowest BCUT2D eigenvalue weighted by molar-refractivity contribution is 0.0743. The molecule has 2 aromatic heterocycles. The molecule has 1 N–H and O–H groups in total. The van der Waals surface area contributed by atoms with Crippen molar-refractivity contribution in [2.75, 3.05) is 49.1 Å². The Morgan fingerprint density at radius 2 is 1.72 bits per heavy atom. The lowest BCUT2D eigenvalue weighted by atomic mass is 10.1. The predicted molar refractivity (Wildman–Crippen MR) is 121 cm³/mol. The highest BCUT2D eigenvalue weighted by atomic mass is 16.2. The Labute approximate surface area is 184 Å². The highest BCUT2D eigenvalue weighted by Gasteiger charge is 2.25. The third kappa shape index (κ3) is 3.51. The number of carbonyl (C=O) groups is 1. The number of anilines is 2. The zero-order valence-corrected chi connectivity index (χ0v) is 18.0. The summed E-state index contributed by atoms with van der Waals surface area (Å²) in [6.07, 6.45) is 5.20. The minimum atomic E-state index is -0.579. The summed E-state index contributed by atoms with van der Waals surface area (Å²) in [4.78, 5) is 54.3. The molecule has 2 aliphatic heterocycles. The van der Waals surface area contributed by atoms with E-state index in [2.05, 4.69) is 36.9 Å². The van der Waals surface area contributed by atoms with Crippen LogP contribution in [0.3, 0.4) is 0 Å². The van der Waals surface area contributed by atoms with Crippen molar-refractivity contribution in [3.05, 3.63) is 57.1 Å². The molecule has 0 unspecified atom stereocenters. The molecular weight excluding hydrogens is 410 g/mol. The highest BCUT2D eigenvalue weighted by Crippen LogP contribution is 2.30. The monoisotopic (exact) mass is 435 g/mol. The fourth-order valence-corrected chi connectivity index (χ4v) is 4.47. The van der Waals surface area contributed by atoms with Gasteiger partial charge in [0, 0.05) is 63.6 Å². The number of carbonyl (C=O) groups excluding carboxylic acids is 1. The van der Waals surface area contributed by atoms with Crippen molar-refractivity contribution in [2.24, 2.45) is 7.05 Å². The number of piperazine rings is 1. The number of aromatic amines is 1. The highest BCUT2D eigenvalue weighted by molar-refractivity contribution is 5.94. The van der Waals surface area contributed by atoms with Crippen LogP contribution in [0.5, 0.6) is 0 Å². The van der Waals surface area contributed by atoms with E-state index in [1.54, 1.807) is 11.2 Å². The summed E-state index contributed by atoms with van der Waals surface area (Å²) < 4.78 is 0.915. The maximum absolute atomic E-state index is 12.8. The van der Waals surface area contributed by atoms with Crippen LogP contribution < -0.4 is 21.0 Å². The van der Waals surface area contributed by atoms with Crippen molar-refractivity contribution in [1.82, 2.24) is 24.4 Å². The Bertz CT molecular complexity index is 1280. The molecule has 0 atom stereocenters. The van der Waals surface area contributed by atoms with Gasteiger partial charge >= 0.3 is 5.69 Å². The van der Waals surface area contributed by atoms with Crippen molar-refractivity contribution in [3.63, 3.8) is 0 Å². The van der Waals surface area contributed by atoms with E-state index in [9.17, 15) is 14.4 Å². The Hall–Kier alpha value is -3.69. The van der Waals surface area contributed by atoms with Gasteiger partial charge in [0.25, 0.3) is 11.5 Å². The molecule has 0 saturated carbocycles. The molecule has 2 fully saturated rings. The molecule has 32 heavy (non-hydrogen) atoms. The van der Waals surface area contributed by atoms with Crippen LogP contribution in [0, 0.1) is 0 Å². The molecule has 3 aromatic rings. The molecule has 2 saturated heterocycles. The van der Waals surface area contributed by atoms with Crippen LogP contribution >= 0.6 is 0 Å². The van der Waals surface area contributed by atoms with Crippen LogP contribution in [-0.2, 0) is 7.05 Å². The average molecular weight is 435 g/mol. The fourth-order valence-electron chi connectivity index (χ4n) is 4.47. The topological polar surface area (TPSA) is 107 Å². The number of nitrogens with zero attached hydrogens (tertiary/aromatic N) is 6. The lowest BCUT2D eigenvalue weighted by Gasteiger charge is -2.36. The number of hydrogen-bond acceptors (Lipinski definition) is 7. The van der Waals surface area contributed by atoms with E-state index >= 15 is 0 Å². The van der Waals surface area contributed by atoms with Gasteiger partial charge in [0.15, 0.2) is 0 Å². The van der Waals surface area contributed by atoms with E-state index in [0.29, 0.717) is 26.2 Å². The van der Waals surface area contributed by atoms with E-state index in [1.165, 1.54) is 26.1 Å². The first-order valence-electron chi connectivity index (χ1n) is 10.9. The van der Waals surface area contributed by atoms with Crippen molar-refractivity contribution < 1.29 is 4.79 Å². The molecule has 4 heterocycles. The van der Waals surface area contributed by atoms with Crippen molar-refractivity contribution in [3.8, 4) is 0 Å². The van der Waals surface area contributed by atoms with Crippen LogP contribution in [0.15, 0.2) is 40.3 Å². The molecular formula is C22H25N7O3. The second kappa shape index (κ2) is 8.10. The third-order valence-corrected chi connectivity index (χ3v) is 6.35. The SMILES string of the molecule is Cn1c(=O)[nH]cc(C(=O)N2CCN(c3ccc4ncnc(N5CCCC5)c4c3)CC2)c1=O. The molecule has 10 heteroatoms. The summed E-state index contributed by atoms with van der Waals surface area (Å²) in [5.74, 6) is 0.627. The predicted octanol–water partition coefficient (Wildman–Crippen LogP) is 0.579. The number of rotatable bonds is 3. The first-order chi connectivity index (χ1) is 15.5. The summed E-state index contributed by atoms with van der Waals surface area (Å²) in [6.45, 7) is 4.30. The first-order valence-corrected chi connectivity index (χ1v) is 10.9. The Morgan fingerprint density at radius 3 is 2.47 bits per heavy atom.